The summed E-state index contributed by atoms with van der Waals surface area (Å²) in [5.41, 5.74) is 0. The van der Waals surface area contributed by atoms with Gasteiger partial charge in [-0.2, -0.15) is 0 Å². The molecule has 0 aromatic carbocycles. The molecule has 0 saturated carbocycles. The van der Waals surface area contributed by atoms with Crippen LogP contribution in [0, 0.1) is 6.92 Å². The average molecular weight is 548 g/mol. The number of rotatable bonds is 9. The summed E-state index contributed by atoms with van der Waals surface area (Å²) in [5, 5.41) is 16.3. The number of aryl methyl sites for hydroxylation is 2. The smallest absolute Gasteiger partial charge is 0.191 e. The van der Waals surface area contributed by atoms with E-state index in [9.17, 15) is 0 Å². The molecule has 3 rings (SSSR count). The third-order valence-corrected chi connectivity index (χ3v) is 6.17. The number of thiazole rings is 1. The summed E-state index contributed by atoms with van der Waals surface area (Å²) in [5.74, 6) is 2.54. The van der Waals surface area contributed by atoms with Crippen LogP contribution >= 0.6 is 35.3 Å². The van der Waals surface area contributed by atoms with Gasteiger partial charge in [-0.15, -0.1) is 45.5 Å². The van der Waals surface area contributed by atoms with E-state index in [1.54, 1.807) is 11.3 Å². The molecule has 0 atom stereocenters. The minimum atomic E-state index is 0. The van der Waals surface area contributed by atoms with Crippen LogP contribution in [-0.2, 0) is 31.2 Å². The van der Waals surface area contributed by atoms with Gasteiger partial charge in [-0.1, -0.05) is 6.92 Å². The third-order valence-electron chi connectivity index (χ3n) is 4.97. The van der Waals surface area contributed by atoms with E-state index in [4.69, 9.17) is 9.73 Å². The Balaban J connectivity index is 0.00000320. The van der Waals surface area contributed by atoms with Crippen LogP contribution in [0.25, 0.3) is 0 Å². The number of nitrogens with one attached hydrogen (secondary N) is 2. The van der Waals surface area contributed by atoms with Crippen LogP contribution in [0.5, 0.6) is 0 Å². The molecule has 1 aliphatic rings. The molecule has 9 nitrogen and oxygen atoms in total. The highest BCUT2D eigenvalue weighted by Crippen LogP contribution is 2.13. The van der Waals surface area contributed by atoms with Crippen molar-refractivity contribution in [3.05, 3.63) is 27.7 Å². The van der Waals surface area contributed by atoms with Gasteiger partial charge < -0.3 is 19.9 Å². The minimum Gasteiger partial charge on any atom is -0.379 e. The van der Waals surface area contributed by atoms with E-state index in [2.05, 4.69) is 37.6 Å². The first-order chi connectivity index (χ1) is 14.2. The normalized spacial score (nSPS) is 15.1. The number of hydrogen-bond donors (Lipinski definition) is 2. The summed E-state index contributed by atoms with van der Waals surface area (Å²) in [6, 6.07) is 0. The maximum atomic E-state index is 5.41. The van der Waals surface area contributed by atoms with Gasteiger partial charge in [-0.05, 0) is 13.3 Å². The van der Waals surface area contributed by atoms with Gasteiger partial charge in [0.25, 0.3) is 0 Å². The Morgan fingerprint density at radius 3 is 2.67 bits per heavy atom. The standard InChI is InChI=1S/C19H32N8OS.HI/c1-4-16-13-22-18(29-16)5-6-20-19(21-7-8-27-9-11-28-12-10-27)23-14-17-25-24-15(2)26(17)3;/h13H,4-12,14H2,1-3H3,(H2,20,21,23);1H. The lowest BCUT2D eigenvalue weighted by atomic mass is 10.4. The maximum Gasteiger partial charge on any atom is 0.191 e. The van der Waals surface area contributed by atoms with Gasteiger partial charge in [0.15, 0.2) is 11.8 Å². The fourth-order valence-electron chi connectivity index (χ4n) is 2.98. The van der Waals surface area contributed by atoms with Crippen molar-refractivity contribution in [3.63, 3.8) is 0 Å². The second-order valence-corrected chi connectivity index (χ2v) is 8.22. The van der Waals surface area contributed by atoms with E-state index in [0.29, 0.717) is 6.54 Å². The first-order valence-electron chi connectivity index (χ1n) is 10.3. The lowest BCUT2D eigenvalue weighted by Gasteiger charge is -2.26. The van der Waals surface area contributed by atoms with Crippen molar-refractivity contribution in [2.24, 2.45) is 12.0 Å². The fourth-order valence-corrected chi connectivity index (χ4v) is 3.85. The molecule has 3 heterocycles. The molecule has 168 valence electrons. The van der Waals surface area contributed by atoms with E-state index in [0.717, 1.165) is 81.4 Å². The number of hydrogen-bond acceptors (Lipinski definition) is 7. The quantitative estimate of drug-likeness (QED) is 0.278. The van der Waals surface area contributed by atoms with Crippen LogP contribution < -0.4 is 10.6 Å². The Hall–Kier alpha value is -1.31. The fraction of sp³-hybridized carbons (Fsp3) is 0.684. The van der Waals surface area contributed by atoms with Gasteiger partial charge in [0, 0.05) is 57.3 Å². The van der Waals surface area contributed by atoms with Crippen LogP contribution in [0.3, 0.4) is 0 Å². The second-order valence-electron chi connectivity index (χ2n) is 7.02. The van der Waals surface area contributed by atoms with Crippen LogP contribution in [0.2, 0.25) is 0 Å². The number of aromatic nitrogens is 4. The van der Waals surface area contributed by atoms with Gasteiger partial charge in [0.1, 0.15) is 12.4 Å². The number of guanidine groups is 1. The summed E-state index contributed by atoms with van der Waals surface area (Å²) < 4.78 is 7.38. The molecule has 0 bridgehead atoms. The predicted molar refractivity (Wildman–Crippen MR) is 131 cm³/mol. The summed E-state index contributed by atoms with van der Waals surface area (Å²) >= 11 is 1.78. The molecule has 1 aliphatic heterocycles. The molecule has 0 aliphatic carbocycles. The lowest BCUT2D eigenvalue weighted by molar-refractivity contribution is 0.0389. The van der Waals surface area contributed by atoms with Crippen molar-refractivity contribution >= 4 is 41.3 Å². The van der Waals surface area contributed by atoms with E-state index >= 15 is 0 Å². The Labute approximate surface area is 199 Å². The number of nitrogens with zero attached hydrogens (tertiary/aromatic N) is 6. The molecule has 30 heavy (non-hydrogen) atoms. The Kier molecular flexibility index (Phi) is 11.0. The molecule has 0 radical (unpaired) electrons. The Bertz CT molecular complexity index is 787. The van der Waals surface area contributed by atoms with Crippen molar-refractivity contribution in [2.45, 2.75) is 33.2 Å². The number of aliphatic imine (C=N–C) groups is 1. The first kappa shape index (κ1) is 25.0. The van der Waals surface area contributed by atoms with Crippen molar-refractivity contribution in [1.29, 1.82) is 0 Å². The molecule has 2 N–H and O–H groups in total. The summed E-state index contributed by atoms with van der Waals surface area (Å²) in [6.07, 6.45) is 3.90. The first-order valence-corrected chi connectivity index (χ1v) is 11.1. The minimum absolute atomic E-state index is 0. The van der Waals surface area contributed by atoms with Crippen LogP contribution in [-0.4, -0.2) is 76.5 Å². The van der Waals surface area contributed by atoms with E-state index in [1.165, 1.54) is 4.88 Å². The Morgan fingerprint density at radius 2 is 2.00 bits per heavy atom. The molecule has 1 saturated heterocycles. The zero-order chi connectivity index (χ0) is 20.5. The predicted octanol–water partition coefficient (Wildman–Crippen LogP) is 1.37. The molecule has 2 aromatic heterocycles. The molecule has 11 heteroatoms. The number of ether oxygens (including phenoxy) is 1. The lowest BCUT2D eigenvalue weighted by Crippen LogP contribution is -2.44. The zero-order valence-electron chi connectivity index (χ0n) is 18.1. The molecular formula is C19H33IN8OS. The van der Waals surface area contributed by atoms with E-state index in [-0.39, 0.29) is 24.0 Å². The van der Waals surface area contributed by atoms with Gasteiger partial charge >= 0.3 is 0 Å². The molecule has 1 fully saturated rings. The number of halogens is 1. The molecule has 0 amide bonds. The highest BCUT2D eigenvalue weighted by atomic mass is 127. The van der Waals surface area contributed by atoms with Crippen LogP contribution in [0.4, 0.5) is 0 Å². The van der Waals surface area contributed by atoms with Crippen LogP contribution in [0.1, 0.15) is 28.5 Å². The highest BCUT2D eigenvalue weighted by molar-refractivity contribution is 14.0. The summed E-state index contributed by atoms with van der Waals surface area (Å²) in [4.78, 5) is 12.9. The summed E-state index contributed by atoms with van der Waals surface area (Å²) in [6.45, 7) is 10.8. The van der Waals surface area contributed by atoms with E-state index in [1.807, 2.05) is 24.7 Å². The van der Waals surface area contributed by atoms with Crippen molar-refractivity contribution in [2.75, 3.05) is 45.9 Å². The zero-order valence-corrected chi connectivity index (χ0v) is 21.2. The van der Waals surface area contributed by atoms with Crippen LogP contribution in [0.15, 0.2) is 11.2 Å². The van der Waals surface area contributed by atoms with Gasteiger partial charge in [-0.3, -0.25) is 4.90 Å². The van der Waals surface area contributed by atoms with Crippen molar-refractivity contribution < 1.29 is 4.74 Å². The molecular weight excluding hydrogens is 515 g/mol. The van der Waals surface area contributed by atoms with Gasteiger partial charge in [-0.25, -0.2) is 9.98 Å². The molecule has 0 unspecified atom stereocenters. The van der Waals surface area contributed by atoms with Gasteiger partial charge in [0.05, 0.1) is 18.2 Å². The largest absolute Gasteiger partial charge is 0.379 e. The topological polar surface area (TPSA) is 92.5 Å². The Morgan fingerprint density at radius 1 is 1.23 bits per heavy atom. The average Bonchev–Trinajstić information content (AvgIpc) is 3.33. The molecule has 2 aromatic rings. The monoisotopic (exact) mass is 548 g/mol. The molecule has 0 spiro atoms. The summed E-state index contributed by atoms with van der Waals surface area (Å²) in [7, 11) is 1.97. The van der Waals surface area contributed by atoms with Crippen molar-refractivity contribution in [1.82, 2.24) is 35.3 Å². The SMILES string of the molecule is CCc1cnc(CCNC(=NCc2nnc(C)n2C)NCCN2CCOCC2)s1.I. The second kappa shape index (κ2) is 13.2. The van der Waals surface area contributed by atoms with Gasteiger partial charge in [0.2, 0.25) is 0 Å². The third kappa shape index (κ3) is 7.75. The van der Waals surface area contributed by atoms with Crippen molar-refractivity contribution in [3.8, 4) is 0 Å². The highest BCUT2D eigenvalue weighted by Gasteiger charge is 2.10. The number of morpholine rings is 1. The maximum absolute atomic E-state index is 5.41. The van der Waals surface area contributed by atoms with E-state index < -0.39 is 0 Å².